The molecule has 4 heteroatoms. The summed E-state index contributed by atoms with van der Waals surface area (Å²) in [5.74, 6) is 0.748. The van der Waals surface area contributed by atoms with Crippen molar-refractivity contribution >= 4 is 22.4 Å². The lowest BCUT2D eigenvalue weighted by atomic mass is 10.3. The molecular formula is C9H12N2OS. The number of carbonyl (C=O) groups is 1. The van der Waals surface area contributed by atoms with Gasteiger partial charge in [-0.05, 0) is 25.7 Å². The molecule has 1 N–H and O–H groups in total. The van der Waals surface area contributed by atoms with Crippen LogP contribution in [0, 0.1) is 12.8 Å². The van der Waals surface area contributed by atoms with Crippen LogP contribution in [0.15, 0.2) is 5.38 Å². The van der Waals surface area contributed by atoms with E-state index in [0.29, 0.717) is 12.3 Å². The summed E-state index contributed by atoms with van der Waals surface area (Å²) in [6.07, 6.45) is 3.09. The molecule has 0 aliphatic heterocycles. The van der Waals surface area contributed by atoms with Crippen LogP contribution in [-0.4, -0.2) is 10.9 Å². The molecule has 1 fully saturated rings. The number of nitrogens with zero attached hydrogens (tertiary/aromatic N) is 1. The van der Waals surface area contributed by atoms with Gasteiger partial charge in [0, 0.05) is 11.8 Å². The van der Waals surface area contributed by atoms with Gasteiger partial charge in [-0.2, -0.15) is 0 Å². The van der Waals surface area contributed by atoms with E-state index in [1.54, 1.807) is 0 Å². The Morgan fingerprint density at radius 1 is 1.77 bits per heavy atom. The molecule has 0 aromatic carbocycles. The van der Waals surface area contributed by atoms with Gasteiger partial charge in [0.15, 0.2) is 5.13 Å². The van der Waals surface area contributed by atoms with Crippen molar-refractivity contribution in [3.8, 4) is 0 Å². The van der Waals surface area contributed by atoms with Crippen LogP contribution < -0.4 is 5.32 Å². The number of thiazole rings is 1. The van der Waals surface area contributed by atoms with Crippen LogP contribution in [0.5, 0.6) is 0 Å². The molecule has 1 aromatic heterocycles. The fourth-order valence-corrected chi connectivity index (χ4v) is 1.87. The van der Waals surface area contributed by atoms with Crippen molar-refractivity contribution in [2.75, 3.05) is 5.32 Å². The zero-order valence-corrected chi connectivity index (χ0v) is 8.36. The van der Waals surface area contributed by atoms with Gasteiger partial charge in [-0.3, -0.25) is 4.79 Å². The minimum Gasteiger partial charge on any atom is -0.302 e. The number of rotatable bonds is 3. The minimum absolute atomic E-state index is 0.108. The summed E-state index contributed by atoms with van der Waals surface area (Å²) in [4.78, 5) is 15.5. The molecular weight excluding hydrogens is 184 g/mol. The van der Waals surface area contributed by atoms with E-state index in [9.17, 15) is 4.79 Å². The standard InChI is InChI=1S/C9H12N2OS/c1-6-5-13-9(10-6)11-8(12)4-7-2-3-7/h5,7H,2-4H2,1H3,(H,10,11,12). The highest BCUT2D eigenvalue weighted by atomic mass is 32.1. The summed E-state index contributed by atoms with van der Waals surface area (Å²) >= 11 is 1.48. The number of amides is 1. The van der Waals surface area contributed by atoms with Crippen molar-refractivity contribution < 1.29 is 4.79 Å². The van der Waals surface area contributed by atoms with Gasteiger partial charge < -0.3 is 5.32 Å². The van der Waals surface area contributed by atoms with Crippen molar-refractivity contribution in [2.45, 2.75) is 26.2 Å². The molecule has 0 saturated heterocycles. The Labute approximate surface area is 81.2 Å². The van der Waals surface area contributed by atoms with E-state index in [1.165, 1.54) is 24.2 Å². The fraction of sp³-hybridized carbons (Fsp3) is 0.556. The Bertz CT molecular complexity index is 317. The maximum absolute atomic E-state index is 11.3. The molecule has 2 rings (SSSR count). The third-order valence-corrected chi connectivity index (χ3v) is 2.91. The minimum atomic E-state index is 0.108. The Morgan fingerprint density at radius 2 is 2.54 bits per heavy atom. The van der Waals surface area contributed by atoms with Gasteiger partial charge in [-0.15, -0.1) is 11.3 Å². The molecule has 70 valence electrons. The number of anilines is 1. The first kappa shape index (κ1) is 8.69. The monoisotopic (exact) mass is 196 g/mol. The number of hydrogen-bond acceptors (Lipinski definition) is 3. The maximum atomic E-state index is 11.3. The van der Waals surface area contributed by atoms with Crippen molar-refractivity contribution in [1.82, 2.24) is 4.98 Å². The summed E-state index contributed by atoms with van der Waals surface area (Å²) in [6, 6.07) is 0. The second-order valence-corrected chi connectivity index (χ2v) is 4.35. The highest BCUT2D eigenvalue weighted by molar-refractivity contribution is 7.13. The smallest absolute Gasteiger partial charge is 0.226 e. The summed E-state index contributed by atoms with van der Waals surface area (Å²) in [5.41, 5.74) is 0.965. The second-order valence-electron chi connectivity index (χ2n) is 3.49. The van der Waals surface area contributed by atoms with Crippen LogP contribution in [0.3, 0.4) is 0 Å². The SMILES string of the molecule is Cc1csc(NC(=O)CC2CC2)n1. The van der Waals surface area contributed by atoms with Crippen LogP contribution >= 0.6 is 11.3 Å². The van der Waals surface area contributed by atoms with Gasteiger partial charge in [-0.1, -0.05) is 0 Å². The van der Waals surface area contributed by atoms with E-state index >= 15 is 0 Å². The third-order valence-electron chi connectivity index (χ3n) is 2.04. The molecule has 3 nitrogen and oxygen atoms in total. The van der Waals surface area contributed by atoms with Crippen molar-refractivity contribution in [1.29, 1.82) is 0 Å². The lowest BCUT2D eigenvalue weighted by Gasteiger charge is -1.98. The lowest BCUT2D eigenvalue weighted by molar-refractivity contribution is -0.116. The van der Waals surface area contributed by atoms with E-state index in [2.05, 4.69) is 10.3 Å². The summed E-state index contributed by atoms with van der Waals surface area (Å²) in [6.45, 7) is 1.92. The molecule has 1 aromatic rings. The molecule has 1 saturated carbocycles. The first-order valence-electron chi connectivity index (χ1n) is 4.46. The molecule has 13 heavy (non-hydrogen) atoms. The average Bonchev–Trinajstić information content (AvgIpc) is 2.76. The molecule has 1 aliphatic carbocycles. The summed E-state index contributed by atoms with van der Waals surface area (Å²) in [5, 5.41) is 5.46. The van der Waals surface area contributed by atoms with Crippen LogP contribution in [0.4, 0.5) is 5.13 Å². The summed E-state index contributed by atoms with van der Waals surface area (Å²) < 4.78 is 0. The topological polar surface area (TPSA) is 42.0 Å². The van der Waals surface area contributed by atoms with E-state index in [4.69, 9.17) is 0 Å². The normalized spacial score (nSPS) is 15.8. The zero-order valence-electron chi connectivity index (χ0n) is 7.54. The van der Waals surface area contributed by atoms with Crippen molar-refractivity contribution in [3.63, 3.8) is 0 Å². The first-order chi connectivity index (χ1) is 6.24. The number of nitrogens with one attached hydrogen (secondary N) is 1. The molecule has 1 amide bonds. The molecule has 1 heterocycles. The number of aromatic nitrogens is 1. The van der Waals surface area contributed by atoms with Crippen LogP contribution in [0.1, 0.15) is 25.0 Å². The number of carbonyl (C=O) groups excluding carboxylic acids is 1. The predicted molar refractivity (Wildman–Crippen MR) is 52.8 cm³/mol. The quantitative estimate of drug-likeness (QED) is 0.805. The van der Waals surface area contributed by atoms with Gasteiger partial charge in [0.2, 0.25) is 5.91 Å². The largest absolute Gasteiger partial charge is 0.302 e. The van der Waals surface area contributed by atoms with E-state index < -0.39 is 0 Å². The Hall–Kier alpha value is -0.900. The maximum Gasteiger partial charge on any atom is 0.226 e. The van der Waals surface area contributed by atoms with Crippen molar-refractivity contribution in [2.24, 2.45) is 5.92 Å². The van der Waals surface area contributed by atoms with Gasteiger partial charge in [-0.25, -0.2) is 4.98 Å². The van der Waals surface area contributed by atoms with E-state index in [0.717, 1.165) is 10.8 Å². The predicted octanol–water partition coefficient (Wildman–Crippen LogP) is 2.19. The van der Waals surface area contributed by atoms with E-state index in [-0.39, 0.29) is 5.91 Å². The average molecular weight is 196 g/mol. The molecule has 0 spiro atoms. The Balaban J connectivity index is 1.85. The number of hydrogen-bond donors (Lipinski definition) is 1. The number of aryl methyl sites for hydroxylation is 1. The van der Waals surface area contributed by atoms with E-state index in [1.807, 2.05) is 12.3 Å². The highest BCUT2D eigenvalue weighted by Crippen LogP contribution is 2.32. The van der Waals surface area contributed by atoms with Gasteiger partial charge in [0.1, 0.15) is 0 Å². The molecule has 1 aliphatic rings. The molecule has 0 bridgehead atoms. The van der Waals surface area contributed by atoms with Crippen LogP contribution in [-0.2, 0) is 4.79 Å². The zero-order chi connectivity index (χ0) is 9.26. The van der Waals surface area contributed by atoms with Crippen molar-refractivity contribution in [3.05, 3.63) is 11.1 Å². The fourth-order valence-electron chi connectivity index (χ4n) is 1.17. The third kappa shape index (κ3) is 2.52. The first-order valence-corrected chi connectivity index (χ1v) is 5.34. The van der Waals surface area contributed by atoms with Gasteiger partial charge in [0.05, 0.1) is 5.69 Å². The van der Waals surface area contributed by atoms with Crippen LogP contribution in [0.2, 0.25) is 0 Å². The van der Waals surface area contributed by atoms with Gasteiger partial charge in [0.25, 0.3) is 0 Å². The lowest BCUT2D eigenvalue weighted by Crippen LogP contribution is -2.11. The molecule has 0 radical (unpaired) electrons. The second kappa shape index (κ2) is 3.46. The summed E-state index contributed by atoms with van der Waals surface area (Å²) in [7, 11) is 0. The molecule has 0 unspecified atom stereocenters. The Morgan fingerprint density at radius 3 is 3.08 bits per heavy atom. The molecule has 0 atom stereocenters. The highest BCUT2D eigenvalue weighted by Gasteiger charge is 2.24. The Kier molecular flexibility index (Phi) is 2.31. The van der Waals surface area contributed by atoms with Crippen LogP contribution in [0.25, 0.3) is 0 Å². The van der Waals surface area contributed by atoms with Gasteiger partial charge >= 0.3 is 0 Å².